The van der Waals surface area contributed by atoms with E-state index in [4.69, 9.17) is 19.9 Å². The van der Waals surface area contributed by atoms with Crippen molar-refractivity contribution in [1.29, 1.82) is 0 Å². The van der Waals surface area contributed by atoms with Crippen LogP contribution >= 0.6 is 0 Å². The molecule has 3 aromatic rings. The lowest BCUT2D eigenvalue weighted by Crippen LogP contribution is -2.25. The molecule has 3 aliphatic rings. The van der Waals surface area contributed by atoms with Crippen LogP contribution in [0.3, 0.4) is 0 Å². The van der Waals surface area contributed by atoms with Gasteiger partial charge in [0.05, 0.1) is 18.1 Å². The zero-order valence-corrected chi connectivity index (χ0v) is 15.4. The first-order valence-corrected chi connectivity index (χ1v) is 9.61. The molecule has 0 saturated carbocycles. The largest absolute Gasteiger partial charge is 0.454 e. The molecule has 2 atom stereocenters. The SMILES string of the molecule is Nc1ncnc2c1c(-c1ccc3c(c1)OCO3)cn2[C@H]1CCN(C[C@H]2CO2)C1. The molecule has 0 aliphatic carbocycles. The van der Waals surface area contributed by atoms with Crippen molar-refractivity contribution in [2.24, 2.45) is 0 Å². The monoisotopic (exact) mass is 379 g/mol. The third kappa shape index (κ3) is 2.60. The number of hydrogen-bond donors (Lipinski definition) is 1. The van der Waals surface area contributed by atoms with Crippen LogP contribution in [-0.2, 0) is 4.74 Å². The Morgan fingerprint density at radius 1 is 1.18 bits per heavy atom. The van der Waals surface area contributed by atoms with E-state index >= 15 is 0 Å². The molecule has 1 aromatic carbocycles. The maximum Gasteiger partial charge on any atom is 0.231 e. The number of anilines is 1. The summed E-state index contributed by atoms with van der Waals surface area (Å²) in [7, 11) is 0. The molecule has 2 aromatic heterocycles. The third-order valence-electron chi connectivity index (χ3n) is 5.83. The van der Waals surface area contributed by atoms with E-state index in [1.807, 2.05) is 18.2 Å². The second-order valence-electron chi connectivity index (χ2n) is 7.63. The number of rotatable bonds is 4. The average molecular weight is 379 g/mol. The first-order valence-electron chi connectivity index (χ1n) is 9.61. The number of fused-ring (bicyclic) bond motifs is 2. The molecule has 2 N–H and O–H groups in total. The fourth-order valence-corrected chi connectivity index (χ4v) is 4.34. The van der Waals surface area contributed by atoms with Crippen molar-refractivity contribution in [1.82, 2.24) is 19.4 Å². The number of aromatic nitrogens is 3. The van der Waals surface area contributed by atoms with Crippen molar-refractivity contribution >= 4 is 16.9 Å². The molecule has 0 amide bonds. The predicted octanol–water partition coefficient (Wildman–Crippen LogP) is 2.05. The highest BCUT2D eigenvalue weighted by Crippen LogP contribution is 2.40. The van der Waals surface area contributed by atoms with E-state index in [0.717, 1.165) is 66.3 Å². The topological polar surface area (TPSA) is 91.0 Å². The fourth-order valence-electron chi connectivity index (χ4n) is 4.34. The third-order valence-corrected chi connectivity index (χ3v) is 5.83. The molecule has 2 saturated heterocycles. The Bertz CT molecular complexity index is 1060. The number of nitrogen functional groups attached to an aromatic ring is 1. The van der Waals surface area contributed by atoms with Gasteiger partial charge in [-0.05, 0) is 24.1 Å². The highest BCUT2D eigenvalue weighted by molar-refractivity contribution is 6.01. The number of nitrogens with zero attached hydrogens (tertiary/aromatic N) is 4. The van der Waals surface area contributed by atoms with Crippen LogP contribution in [0.1, 0.15) is 12.5 Å². The number of nitrogens with two attached hydrogens (primary N) is 1. The second-order valence-corrected chi connectivity index (χ2v) is 7.63. The first-order chi connectivity index (χ1) is 13.8. The van der Waals surface area contributed by atoms with E-state index in [-0.39, 0.29) is 6.79 Å². The van der Waals surface area contributed by atoms with Crippen LogP contribution in [-0.4, -0.2) is 58.6 Å². The lowest BCUT2D eigenvalue weighted by molar-refractivity contribution is 0.174. The van der Waals surface area contributed by atoms with Crippen molar-refractivity contribution in [3.05, 3.63) is 30.7 Å². The smallest absolute Gasteiger partial charge is 0.231 e. The van der Waals surface area contributed by atoms with E-state index in [1.54, 1.807) is 6.33 Å². The van der Waals surface area contributed by atoms with Crippen molar-refractivity contribution in [3.63, 3.8) is 0 Å². The van der Waals surface area contributed by atoms with E-state index in [2.05, 4.69) is 25.6 Å². The van der Waals surface area contributed by atoms with Gasteiger partial charge in [-0.15, -0.1) is 0 Å². The van der Waals surface area contributed by atoms with Crippen LogP contribution in [0, 0.1) is 0 Å². The summed E-state index contributed by atoms with van der Waals surface area (Å²) in [5, 5.41) is 0.894. The van der Waals surface area contributed by atoms with Crippen molar-refractivity contribution in [3.8, 4) is 22.6 Å². The van der Waals surface area contributed by atoms with Gasteiger partial charge >= 0.3 is 0 Å². The van der Waals surface area contributed by atoms with Gasteiger partial charge in [0.2, 0.25) is 6.79 Å². The zero-order chi connectivity index (χ0) is 18.7. The van der Waals surface area contributed by atoms with Crippen molar-refractivity contribution in [2.45, 2.75) is 18.6 Å². The van der Waals surface area contributed by atoms with E-state index in [0.29, 0.717) is 18.0 Å². The summed E-state index contributed by atoms with van der Waals surface area (Å²) < 4.78 is 18.7. The highest BCUT2D eigenvalue weighted by Gasteiger charge is 2.32. The highest BCUT2D eigenvalue weighted by atomic mass is 16.7. The van der Waals surface area contributed by atoms with Gasteiger partial charge in [-0.25, -0.2) is 9.97 Å². The van der Waals surface area contributed by atoms with E-state index < -0.39 is 0 Å². The summed E-state index contributed by atoms with van der Waals surface area (Å²) >= 11 is 0. The summed E-state index contributed by atoms with van der Waals surface area (Å²) in [5.41, 5.74) is 9.20. The quantitative estimate of drug-likeness (QED) is 0.694. The first kappa shape index (κ1) is 16.1. The van der Waals surface area contributed by atoms with Gasteiger partial charge in [0.15, 0.2) is 11.5 Å². The maximum atomic E-state index is 6.27. The number of epoxide rings is 1. The van der Waals surface area contributed by atoms with Crippen molar-refractivity contribution in [2.75, 3.05) is 38.8 Å². The van der Waals surface area contributed by atoms with E-state index in [1.165, 1.54) is 0 Å². The predicted molar refractivity (Wildman–Crippen MR) is 103 cm³/mol. The molecule has 28 heavy (non-hydrogen) atoms. The van der Waals surface area contributed by atoms with E-state index in [9.17, 15) is 0 Å². The molecular weight excluding hydrogens is 358 g/mol. The second kappa shape index (κ2) is 6.08. The normalized spacial score (nSPS) is 23.6. The van der Waals surface area contributed by atoms with Crippen LogP contribution in [0.25, 0.3) is 22.2 Å². The molecule has 5 heterocycles. The van der Waals surface area contributed by atoms with Crippen LogP contribution in [0.15, 0.2) is 30.7 Å². The standard InChI is InChI=1S/C20H21N5O3/c21-19-18-15(12-1-2-16-17(5-12)28-11-27-16)8-25(20(18)23-10-22-19)13-3-4-24(6-13)7-14-9-26-14/h1-2,5,8,10,13-14H,3-4,6-7,9,11H2,(H2,21,22,23)/t13-,14-/m0/s1. The lowest BCUT2D eigenvalue weighted by atomic mass is 10.1. The van der Waals surface area contributed by atoms with Gasteiger partial charge in [-0.3, -0.25) is 4.90 Å². The minimum Gasteiger partial charge on any atom is -0.454 e. The summed E-state index contributed by atoms with van der Waals surface area (Å²) in [6.45, 7) is 4.24. The Balaban J connectivity index is 1.42. The fraction of sp³-hybridized carbons (Fsp3) is 0.400. The Morgan fingerprint density at radius 2 is 2.07 bits per heavy atom. The van der Waals surface area contributed by atoms with Gasteiger partial charge in [0, 0.05) is 37.4 Å². The minimum atomic E-state index is 0.258. The van der Waals surface area contributed by atoms with Gasteiger partial charge < -0.3 is 24.5 Å². The van der Waals surface area contributed by atoms with Crippen LogP contribution < -0.4 is 15.2 Å². The zero-order valence-electron chi connectivity index (χ0n) is 15.4. The Kier molecular flexibility index (Phi) is 3.51. The minimum absolute atomic E-state index is 0.258. The number of likely N-dealkylation sites (tertiary alicyclic amines) is 1. The Morgan fingerprint density at radius 3 is 2.96 bits per heavy atom. The lowest BCUT2D eigenvalue weighted by Gasteiger charge is -2.16. The number of ether oxygens (including phenoxy) is 3. The Hall–Kier alpha value is -2.84. The van der Waals surface area contributed by atoms with Gasteiger partial charge in [0.25, 0.3) is 0 Å². The number of benzene rings is 1. The molecule has 0 spiro atoms. The summed E-state index contributed by atoms with van der Waals surface area (Å²) in [6.07, 6.45) is 5.21. The molecule has 8 heteroatoms. The summed E-state index contributed by atoms with van der Waals surface area (Å²) in [6, 6.07) is 6.33. The van der Waals surface area contributed by atoms with Crippen LogP contribution in [0.2, 0.25) is 0 Å². The Labute approximate surface area is 161 Å². The molecule has 8 nitrogen and oxygen atoms in total. The summed E-state index contributed by atoms with van der Waals surface area (Å²) in [5.74, 6) is 2.02. The molecule has 0 unspecified atom stereocenters. The van der Waals surface area contributed by atoms with Crippen LogP contribution in [0.5, 0.6) is 11.5 Å². The average Bonchev–Trinajstić information content (AvgIpc) is 3.10. The molecule has 0 radical (unpaired) electrons. The van der Waals surface area contributed by atoms with Gasteiger partial charge in [-0.2, -0.15) is 0 Å². The number of hydrogen-bond acceptors (Lipinski definition) is 7. The molecule has 3 aliphatic heterocycles. The molecular formula is C20H21N5O3. The molecule has 2 fully saturated rings. The summed E-state index contributed by atoms with van der Waals surface area (Å²) in [4.78, 5) is 11.3. The van der Waals surface area contributed by atoms with Crippen molar-refractivity contribution < 1.29 is 14.2 Å². The van der Waals surface area contributed by atoms with Crippen LogP contribution in [0.4, 0.5) is 5.82 Å². The maximum absolute atomic E-state index is 6.27. The molecule has 6 rings (SSSR count). The van der Waals surface area contributed by atoms with Gasteiger partial charge in [-0.1, -0.05) is 6.07 Å². The molecule has 0 bridgehead atoms. The van der Waals surface area contributed by atoms with Gasteiger partial charge in [0.1, 0.15) is 17.8 Å². The molecule has 144 valence electrons.